The Balaban J connectivity index is 1.48. The molecule has 3 rings (SSSR count). The highest BCUT2D eigenvalue weighted by atomic mass is 32.2. The number of sulfonamides is 1. The molecule has 1 amide bonds. The van der Waals surface area contributed by atoms with Gasteiger partial charge in [0.25, 0.3) is 0 Å². The minimum Gasteiger partial charge on any atom is -0.353 e. The SMILES string of the molecule is CS(=O)(=O)N1C2CCC1CC(NC(=O)CCC1CCCC1)C2. The van der Waals surface area contributed by atoms with Crippen LogP contribution in [0.4, 0.5) is 0 Å². The monoisotopic (exact) mass is 328 g/mol. The second-order valence-corrected chi connectivity index (χ2v) is 9.29. The highest BCUT2D eigenvalue weighted by Crippen LogP contribution is 2.37. The average Bonchev–Trinajstić information content (AvgIpc) is 3.03. The molecule has 2 aliphatic heterocycles. The minimum atomic E-state index is -3.11. The molecule has 0 aromatic carbocycles. The van der Waals surface area contributed by atoms with Gasteiger partial charge in [0.1, 0.15) is 0 Å². The van der Waals surface area contributed by atoms with Crippen molar-refractivity contribution in [2.24, 2.45) is 5.92 Å². The maximum atomic E-state index is 12.1. The molecule has 2 atom stereocenters. The Morgan fingerprint density at radius 3 is 2.23 bits per heavy atom. The third-order valence-electron chi connectivity index (χ3n) is 5.67. The molecule has 0 aromatic heterocycles. The molecule has 0 radical (unpaired) electrons. The molecule has 1 aliphatic carbocycles. The summed E-state index contributed by atoms with van der Waals surface area (Å²) < 4.78 is 25.4. The van der Waals surface area contributed by atoms with E-state index in [1.54, 1.807) is 4.31 Å². The fraction of sp³-hybridized carbons (Fsp3) is 0.938. The molecular weight excluding hydrogens is 300 g/mol. The summed E-state index contributed by atoms with van der Waals surface area (Å²) in [6.45, 7) is 0. The van der Waals surface area contributed by atoms with E-state index in [0.717, 1.165) is 38.0 Å². The van der Waals surface area contributed by atoms with Crippen molar-refractivity contribution in [2.45, 2.75) is 82.3 Å². The number of nitrogens with zero attached hydrogens (tertiary/aromatic N) is 1. The Morgan fingerprint density at radius 1 is 1.09 bits per heavy atom. The van der Waals surface area contributed by atoms with E-state index in [2.05, 4.69) is 5.32 Å². The van der Waals surface area contributed by atoms with E-state index in [9.17, 15) is 13.2 Å². The smallest absolute Gasteiger partial charge is 0.220 e. The third-order valence-corrected chi connectivity index (χ3v) is 7.03. The van der Waals surface area contributed by atoms with Crippen LogP contribution < -0.4 is 5.32 Å². The zero-order valence-electron chi connectivity index (χ0n) is 13.5. The van der Waals surface area contributed by atoms with Crippen LogP contribution in [0.5, 0.6) is 0 Å². The number of rotatable bonds is 5. The fourth-order valence-electron chi connectivity index (χ4n) is 4.73. The highest BCUT2D eigenvalue weighted by Gasteiger charge is 2.45. The predicted octanol–water partition coefficient (Wildman–Crippen LogP) is 2.03. The summed E-state index contributed by atoms with van der Waals surface area (Å²) in [7, 11) is -3.11. The van der Waals surface area contributed by atoms with Gasteiger partial charge < -0.3 is 5.32 Å². The maximum Gasteiger partial charge on any atom is 0.220 e. The summed E-state index contributed by atoms with van der Waals surface area (Å²) in [4.78, 5) is 12.1. The number of hydrogen-bond donors (Lipinski definition) is 1. The van der Waals surface area contributed by atoms with Crippen molar-refractivity contribution in [2.75, 3.05) is 6.26 Å². The van der Waals surface area contributed by atoms with E-state index >= 15 is 0 Å². The van der Waals surface area contributed by atoms with Gasteiger partial charge in [-0.05, 0) is 38.0 Å². The lowest BCUT2D eigenvalue weighted by atomic mass is 9.98. The Hall–Kier alpha value is -0.620. The molecule has 1 N–H and O–H groups in total. The largest absolute Gasteiger partial charge is 0.353 e. The number of piperidine rings is 1. The van der Waals surface area contributed by atoms with Gasteiger partial charge in [0.2, 0.25) is 15.9 Å². The van der Waals surface area contributed by atoms with Gasteiger partial charge in [-0.1, -0.05) is 25.7 Å². The summed E-state index contributed by atoms with van der Waals surface area (Å²) in [5.41, 5.74) is 0. The summed E-state index contributed by atoms with van der Waals surface area (Å²) in [5, 5.41) is 3.16. The van der Waals surface area contributed by atoms with Crippen LogP contribution in [0.3, 0.4) is 0 Å². The maximum absolute atomic E-state index is 12.1. The van der Waals surface area contributed by atoms with Gasteiger partial charge in [0, 0.05) is 24.5 Å². The lowest BCUT2D eigenvalue weighted by Gasteiger charge is -2.37. The predicted molar refractivity (Wildman–Crippen MR) is 85.8 cm³/mol. The van der Waals surface area contributed by atoms with E-state index in [-0.39, 0.29) is 24.0 Å². The van der Waals surface area contributed by atoms with Crippen molar-refractivity contribution in [1.29, 1.82) is 0 Å². The lowest BCUT2D eigenvalue weighted by molar-refractivity contribution is -0.122. The molecule has 126 valence electrons. The van der Waals surface area contributed by atoms with Crippen LogP contribution in [0.1, 0.15) is 64.2 Å². The molecular formula is C16H28N2O3S. The van der Waals surface area contributed by atoms with Crippen molar-refractivity contribution in [3.63, 3.8) is 0 Å². The quantitative estimate of drug-likeness (QED) is 0.840. The number of carbonyl (C=O) groups is 1. The van der Waals surface area contributed by atoms with Crippen molar-refractivity contribution in [1.82, 2.24) is 9.62 Å². The molecule has 2 bridgehead atoms. The zero-order chi connectivity index (χ0) is 15.7. The van der Waals surface area contributed by atoms with E-state index in [0.29, 0.717) is 6.42 Å². The van der Waals surface area contributed by atoms with E-state index in [4.69, 9.17) is 0 Å². The number of fused-ring (bicyclic) bond motifs is 2. The van der Waals surface area contributed by atoms with E-state index in [1.807, 2.05) is 0 Å². The van der Waals surface area contributed by atoms with Crippen molar-refractivity contribution >= 4 is 15.9 Å². The van der Waals surface area contributed by atoms with Gasteiger partial charge >= 0.3 is 0 Å². The van der Waals surface area contributed by atoms with Crippen molar-refractivity contribution in [3.8, 4) is 0 Å². The summed E-state index contributed by atoms with van der Waals surface area (Å²) in [6.07, 6.45) is 11.6. The second-order valence-electron chi connectivity index (χ2n) is 7.40. The molecule has 5 nitrogen and oxygen atoms in total. The summed E-state index contributed by atoms with van der Waals surface area (Å²) >= 11 is 0. The molecule has 0 aromatic rings. The minimum absolute atomic E-state index is 0.0916. The van der Waals surface area contributed by atoms with Gasteiger partial charge in [0.05, 0.1) is 6.26 Å². The second kappa shape index (κ2) is 6.48. The Bertz CT molecular complexity index is 499. The van der Waals surface area contributed by atoms with Crippen LogP contribution in [0.2, 0.25) is 0 Å². The Labute approximate surface area is 133 Å². The van der Waals surface area contributed by atoms with Crippen LogP contribution in [-0.2, 0) is 14.8 Å². The summed E-state index contributed by atoms with van der Waals surface area (Å²) in [5.74, 6) is 0.901. The van der Waals surface area contributed by atoms with Crippen molar-refractivity contribution < 1.29 is 13.2 Å². The molecule has 2 unspecified atom stereocenters. The molecule has 6 heteroatoms. The Kier molecular flexibility index (Phi) is 4.78. The van der Waals surface area contributed by atoms with Crippen molar-refractivity contribution in [3.05, 3.63) is 0 Å². The third kappa shape index (κ3) is 3.65. The molecule has 3 fully saturated rings. The van der Waals surface area contributed by atoms with E-state index < -0.39 is 10.0 Å². The number of amides is 1. The van der Waals surface area contributed by atoms with Crippen LogP contribution in [0.15, 0.2) is 0 Å². The molecule has 3 aliphatic rings. The molecule has 1 saturated carbocycles. The first-order valence-corrected chi connectivity index (χ1v) is 10.6. The number of nitrogens with one attached hydrogen (secondary N) is 1. The highest BCUT2D eigenvalue weighted by molar-refractivity contribution is 7.88. The van der Waals surface area contributed by atoms with Crippen LogP contribution in [-0.4, -0.2) is 43.0 Å². The topological polar surface area (TPSA) is 66.5 Å². The molecule has 22 heavy (non-hydrogen) atoms. The fourth-order valence-corrected chi connectivity index (χ4v) is 6.19. The van der Waals surface area contributed by atoms with E-state index in [1.165, 1.54) is 31.9 Å². The van der Waals surface area contributed by atoms with Crippen LogP contribution in [0.25, 0.3) is 0 Å². The standard InChI is InChI=1S/C16H28N2O3S/c1-22(20,21)18-14-7-8-15(18)11-13(10-14)17-16(19)9-6-12-4-2-3-5-12/h12-15H,2-11H2,1H3,(H,17,19). The lowest BCUT2D eigenvalue weighted by Crippen LogP contribution is -2.52. The first kappa shape index (κ1) is 16.2. The molecule has 2 saturated heterocycles. The number of hydrogen-bond acceptors (Lipinski definition) is 3. The first-order chi connectivity index (χ1) is 10.4. The van der Waals surface area contributed by atoms with Gasteiger partial charge in [-0.2, -0.15) is 4.31 Å². The first-order valence-electron chi connectivity index (χ1n) is 8.71. The molecule has 2 heterocycles. The zero-order valence-corrected chi connectivity index (χ0v) is 14.3. The van der Waals surface area contributed by atoms with Crippen LogP contribution >= 0.6 is 0 Å². The normalized spacial score (nSPS) is 33.2. The van der Waals surface area contributed by atoms with Gasteiger partial charge in [-0.15, -0.1) is 0 Å². The molecule has 0 spiro atoms. The van der Waals surface area contributed by atoms with Gasteiger partial charge in [-0.25, -0.2) is 8.42 Å². The Morgan fingerprint density at radius 2 is 1.68 bits per heavy atom. The van der Waals surface area contributed by atoms with Gasteiger partial charge in [0.15, 0.2) is 0 Å². The summed E-state index contributed by atoms with van der Waals surface area (Å²) in [6, 6.07) is 0.342. The van der Waals surface area contributed by atoms with Crippen LogP contribution in [0, 0.1) is 5.92 Å². The average molecular weight is 328 g/mol. The van der Waals surface area contributed by atoms with Gasteiger partial charge in [-0.3, -0.25) is 4.79 Å². The number of carbonyl (C=O) groups excluding carboxylic acids is 1.